The van der Waals surface area contributed by atoms with Crippen LogP contribution in [-0.4, -0.2) is 11.8 Å². The molecule has 2 rings (SSSR count). The van der Waals surface area contributed by atoms with E-state index in [2.05, 4.69) is 5.32 Å². The maximum absolute atomic E-state index is 12.1. The minimum absolute atomic E-state index is 0.232. The first-order valence-electron chi connectivity index (χ1n) is 5.73. The number of benzene rings is 2. The zero-order chi connectivity index (χ0) is 14.7. The van der Waals surface area contributed by atoms with Gasteiger partial charge in [0.05, 0.1) is 11.3 Å². The molecule has 5 N–H and O–H groups in total. The Morgan fingerprint density at radius 3 is 2.45 bits per heavy atom. The second-order valence-electron chi connectivity index (χ2n) is 4.14. The van der Waals surface area contributed by atoms with Gasteiger partial charge in [-0.3, -0.25) is 9.59 Å². The van der Waals surface area contributed by atoms with E-state index in [9.17, 15) is 9.59 Å². The first kappa shape index (κ1) is 13.9. The predicted molar refractivity (Wildman–Crippen MR) is 78.8 cm³/mol. The number of anilines is 2. The van der Waals surface area contributed by atoms with Crippen LogP contribution in [0.15, 0.2) is 42.5 Å². The van der Waals surface area contributed by atoms with E-state index in [0.29, 0.717) is 22.0 Å². The summed E-state index contributed by atoms with van der Waals surface area (Å²) in [5, 5.41) is 2.97. The van der Waals surface area contributed by atoms with E-state index in [0.717, 1.165) is 0 Å². The summed E-state index contributed by atoms with van der Waals surface area (Å²) < 4.78 is 0. The highest BCUT2D eigenvalue weighted by Crippen LogP contribution is 2.19. The van der Waals surface area contributed by atoms with Crippen LogP contribution in [0.25, 0.3) is 0 Å². The van der Waals surface area contributed by atoms with Gasteiger partial charge in [-0.1, -0.05) is 23.7 Å². The first-order chi connectivity index (χ1) is 9.47. The standard InChI is InChI=1S/C14H12ClN3O2/c15-9-5-8(6-10(16)7-9)14(20)18-12-4-2-1-3-11(12)13(17)19/h1-7H,16H2,(H2,17,19)(H,18,20). The fraction of sp³-hybridized carbons (Fsp3) is 0. The van der Waals surface area contributed by atoms with Gasteiger partial charge in [-0.2, -0.15) is 0 Å². The molecule has 0 unspecified atom stereocenters. The highest BCUT2D eigenvalue weighted by Gasteiger charge is 2.12. The lowest BCUT2D eigenvalue weighted by Crippen LogP contribution is -2.18. The summed E-state index contributed by atoms with van der Waals surface area (Å²) in [6, 6.07) is 11.0. The minimum Gasteiger partial charge on any atom is -0.399 e. The molecule has 0 radical (unpaired) electrons. The van der Waals surface area contributed by atoms with Crippen molar-refractivity contribution in [3.63, 3.8) is 0 Å². The Bertz CT molecular complexity index is 666. The van der Waals surface area contributed by atoms with Gasteiger partial charge in [-0.25, -0.2) is 0 Å². The Labute approximate surface area is 120 Å². The van der Waals surface area contributed by atoms with Crippen LogP contribution in [0, 0.1) is 0 Å². The number of carbonyl (C=O) groups excluding carboxylic acids is 2. The lowest BCUT2D eigenvalue weighted by atomic mass is 10.1. The molecule has 0 aliphatic heterocycles. The van der Waals surface area contributed by atoms with E-state index >= 15 is 0 Å². The number of amides is 2. The van der Waals surface area contributed by atoms with Gasteiger partial charge in [0.2, 0.25) is 0 Å². The number of hydrogen-bond donors (Lipinski definition) is 3. The average Bonchev–Trinajstić information content (AvgIpc) is 2.37. The summed E-state index contributed by atoms with van der Waals surface area (Å²) in [4.78, 5) is 23.4. The highest BCUT2D eigenvalue weighted by atomic mass is 35.5. The quantitative estimate of drug-likeness (QED) is 0.756. The van der Waals surface area contributed by atoms with Gasteiger partial charge in [0.15, 0.2) is 0 Å². The second kappa shape index (κ2) is 5.63. The van der Waals surface area contributed by atoms with Gasteiger partial charge < -0.3 is 16.8 Å². The lowest BCUT2D eigenvalue weighted by molar-refractivity contribution is 0.100. The van der Waals surface area contributed by atoms with E-state index in [1.165, 1.54) is 24.3 Å². The van der Waals surface area contributed by atoms with Crippen LogP contribution in [0.2, 0.25) is 5.02 Å². The summed E-state index contributed by atoms with van der Waals surface area (Å²) >= 11 is 5.84. The smallest absolute Gasteiger partial charge is 0.255 e. The predicted octanol–water partition coefficient (Wildman–Crippen LogP) is 2.27. The third-order valence-corrected chi connectivity index (χ3v) is 2.84. The number of rotatable bonds is 3. The zero-order valence-corrected chi connectivity index (χ0v) is 11.1. The molecule has 6 heteroatoms. The zero-order valence-electron chi connectivity index (χ0n) is 10.4. The third kappa shape index (κ3) is 3.07. The molecule has 20 heavy (non-hydrogen) atoms. The summed E-state index contributed by atoms with van der Waals surface area (Å²) in [5.41, 5.74) is 12.1. The van der Waals surface area contributed by atoms with Crippen LogP contribution in [0.1, 0.15) is 20.7 Å². The number of nitrogen functional groups attached to an aromatic ring is 1. The molecule has 5 nitrogen and oxygen atoms in total. The van der Waals surface area contributed by atoms with Gasteiger partial charge >= 0.3 is 0 Å². The maximum atomic E-state index is 12.1. The molecule has 102 valence electrons. The van der Waals surface area contributed by atoms with Crippen molar-refractivity contribution >= 4 is 34.8 Å². The van der Waals surface area contributed by atoms with Crippen molar-refractivity contribution in [3.05, 3.63) is 58.6 Å². The molecule has 0 saturated heterocycles. The Hall–Kier alpha value is -2.53. The molecule has 2 amide bonds. The van der Waals surface area contributed by atoms with Crippen LogP contribution in [0.4, 0.5) is 11.4 Å². The Kier molecular flexibility index (Phi) is 3.91. The van der Waals surface area contributed by atoms with Crippen molar-refractivity contribution < 1.29 is 9.59 Å². The van der Waals surface area contributed by atoms with Crippen LogP contribution >= 0.6 is 11.6 Å². The molecule has 0 aromatic heterocycles. The average molecular weight is 290 g/mol. The van der Waals surface area contributed by atoms with Crippen LogP contribution in [-0.2, 0) is 0 Å². The largest absolute Gasteiger partial charge is 0.399 e. The molecule has 0 spiro atoms. The highest BCUT2D eigenvalue weighted by molar-refractivity contribution is 6.31. The summed E-state index contributed by atoms with van der Waals surface area (Å²) in [5.74, 6) is -1.04. The molecule has 0 aliphatic rings. The van der Waals surface area contributed by atoms with Crippen molar-refractivity contribution in [3.8, 4) is 0 Å². The van der Waals surface area contributed by atoms with Gasteiger partial charge in [0, 0.05) is 16.3 Å². The number of nitrogens with one attached hydrogen (secondary N) is 1. The number of nitrogens with two attached hydrogens (primary N) is 2. The number of hydrogen-bond acceptors (Lipinski definition) is 3. The molecule has 0 aliphatic carbocycles. The SMILES string of the molecule is NC(=O)c1ccccc1NC(=O)c1cc(N)cc(Cl)c1. The molecule has 0 heterocycles. The molecular formula is C14H12ClN3O2. The summed E-state index contributed by atoms with van der Waals surface area (Å²) in [6.07, 6.45) is 0. The van der Waals surface area contributed by atoms with Gasteiger partial charge in [0.25, 0.3) is 11.8 Å². The molecule has 2 aromatic carbocycles. The van der Waals surface area contributed by atoms with E-state index in [-0.39, 0.29) is 5.56 Å². The summed E-state index contributed by atoms with van der Waals surface area (Å²) in [6.45, 7) is 0. The van der Waals surface area contributed by atoms with E-state index in [4.69, 9.17) is 23.1 Å². The lowest BCUT2D eigenvalue weighted by Gasteiger charge is -2.09. The molecule has 0 saturated carbocycles. The molecule has 0 bridgehead atoms. The second-order valence-corrected chi connectivity index (χ2v) is 4.57. The van der Waals surface area contributed by atoms with Crippen molar-refractivity contribution in [1.82, 2.24) is 0 Å². The number of primary amides is 1. The fourth-order valence-corrected chi connectivity index (χ4v) is 1.99. The van der Waals surface area contributed by atoms with Crippen molar-refractivity contribution in [1.29, 1.82) is 0 Å². The number of halogens is 1. The van der Waals surface area contributed by atoms with Crippen molar-refractivity contribution in [2.45, 2.75) is 0 Å². The number of para-hydroxylation sites is 1. The topological polar surface area (TPSA) is 98.2 Å². The van der Waals surface area contributed by atoms with Crippen LogP contribution < -0.4 is 16.8 Å². The first-order valence-corrected chi connectivity index (χ1v) is 6.11. The van der Waals surface area contributed by atoms with Gasteiger partial charge in [-0.05, 0) is 30.3 Å². The van der Waals surface area contributed by atoms with E-state index in [1.807, 2.05) is 0 Å². The summed E-state index contributed by atoms with van der Waals surface area (Å²) in [7, 11) is 0. The van der Waals surface area contributed by atoms with Crippen molar-refractivity contribution in [2.75, 3.05) is 11.1 Å². The maximum Gasteiger partial charge on any atom is 0.255 e. The van der Waals surface area contributed by atoms with Crippen LogP contribution in [0.5, 0.6) is 0 Å². The molecule has 0 fully saturated rings. The van der Waals surface area contributed by atoms with Gasteiger partial charge in [-0.15, -0.1) is 0 Å². The van der Waals surface area contributed by atoms with Crippen molar-refractivity contribution in [2.24, 2.45) is 5.73 Å². The van der Waals surface area contributed by atoms with Gasteiger partial charge in [0.1, 0.15) is 0 Å². The minimum atomic E-state index is -0.619. The van der Waals surface area contributed by atoms with E-state index < -0.39 is 11.8 Å². The normalized spacial score (nSPS) is 10.1. The third-order valence-electron chi connectivity index (χ3n) is 2.62. The molecular weight excluding hydrogens is 278 g/mol. The fourth-order valence-electron chi connectivity index (χ4n) is 1.74. The molecule has 0 atom stereocenters. The van der Waals surface area contributed by atoms with E-state index in [1.54, 1.807) is 18.2 Å². The Morgan fingerprint density at radius 2 is 1.80 bits per heavy atom. The molecule has 2 aromatic rings. The Morgan fingerprint density at radius 1 is 1.10 bits per heavy atom. The van der Waals surface area contributed by atoms with Crippen LogP contribution in [0.3, 0.4) is 0 Å². The Balaban J connectivity index is 2.30. The monoisotopic (exact) mass is 289 g/mol. The number of carbonyl (C=O) groups is 2.